The van der Waals surface area contributed by atoms with Gasteiger partial charge in [-0.15, -0.1) is 0 Å². The van der Waals surface area contributed by atoms with E-state index in [1.54, 1.807) is 4.90 Å². The summed E-state index contributed by atoms with van der Waals surface area (Å²) in [5.74, 6) is -0.672. The van der Waals surface area contributed by atoms with Crippen molar-refractivity contribution >= 4 is 23.2 Å². The highest BCUT2D eigenvalue weighted by molar-refractivity contribution is 6.06. The average molecular weight is 402 g/mol. The number of aryl methyl sites for hydroxylation is 1. The van der Waals surface area contributed by atoms with E-state index < -0.39 is 5.56 Å². The molecule has 152 valence electrons. The third kappa shape index (κ3) is 4.00. The molecule has 1 aliphatic rings. The molecule has 0 atom stereocenters. The summed E-state index contributed by atoms with van der Waals surface area (Å²) in [7, 11) is 0. The van der Waals surface area contributed by atoms with E-state index in [0.717, 1.165) is 28.8 Å². The molecular formula is C23H22N4O3. The number of aromatic nitrogens is 2. The molecule has 0 spiro atoms. The second-order valence-electron chi connectivity index (χ2n) is 7.15. The number of benzene rings is 2. The molecule has 4 rings (SSSR count). The van der Waals surface area contributed by atoms with Crippen LogP contribution >= 0.6 is 0 Å². The molecule has 0 unspecified atom stereocenters. The van der Waals surface area contributed by atoms with Crippen LogP contribution in [0.3, 0.4) is 0 Å². The Morgan fingerprint density at radius 2 is 1.80 bits per heavy atom. The second-order valence-corrected chi connectivity index (χ2v) is 7.15. The molecule has 0 saturated carbocycles. The summed E-state index contributed by atoms with van der Waals surface area (Å²) in [5, 5.41) is 6.90. The van der Waals surface area contributed by atoms with E-state index in [1.165, 1.54) is 17.7 Å². The minimum Gasteiger partial charge on any atom is -0.324 e. The number of nitrogens with one attached hydrogen (secondary N) is 1. The Hall–Kier alpha value is -3.74. The van der Waals surface area contributed by atoms with Gasteiger partial charge >= 0.3 is 0 Å². The van der Waals surface area contributed by atoms with Crippen LogP contribution in [0.25, 0.3) is 0 Å². The van der Waals surface area contributed by atoms with Gasteiger partial charge in [0, 0.05) is 24.0 Å². The van der Waals surface area contributed by atoms with Crippen LogP contribution in [-0.4, -0.2) is 28.1 Å². The van der Waals surface area contributed by atoms with Crippen molar-refractivity contribution in [2.45, 2.75) is 26.3 Å². The standard InChI is InChI=1S/C23H22N4O3/c1-2-16-7-9-18(10-8-16)24-21(28)15-27-22(29)12-11-19(25-27)23(30)26-14-13-17-5-3-4-6-20(17)26/h3-12H,2,13-15H2,1H3,(H,24,28). The van der Waals surface area contributed by atoms with Gasteiger partial charge in [-0.2, -0.15) is 5.10 Å². The minimum absolute atomic E-state index is 0.131. The molecular weight excluding hydrogens is 380 g/mol. The Bertz CT molecular complexity index is 1150. The van der Waals surface area contributed by atoms with Crippen LogP contribution in [0.5, 0.6) is 0 Å². The van der Waals surface area contributed by atoms with Crippen molar-refractivity contribution in [2.75, 3.05) is 16.8 Å². The summed E-state index contributed by atoms with van der Waals surface area (Å²) in [5.41, 5.74) is 3.46. The smallest absolute Gasteiger partial charge is 0.278 e. The molecule has 3 aromatic rings. The number of carbonyl (C=O) groups is 2. The lowest BCUT2D eigenvalue weighted by Crippen LogP contribution is -2.34. The quantitative estimate of drug-likeness (QED) is 0.711. The van der Waals surface area contributed by atoms with Gasteiger partial charge in [-0.1, -0.05) is 37.3 Å². The molecule has 0 aliphatic carbocycles. The maximum Gasteiger partial charge on any atom is 0.278 e. The van der Waals surface area contributed by atoms with Gasteiger partial charge in [0.2, 0.25) is 5.91 Å². The minimum atomic E-state index is -0.440. The van der Waals surface area contributed by atoms with Crippen molar-refractivity contribution in [3.8, 4) is 0 Å². The topological polar surface area (TPSA) is 84.3 Å². The first kappa shape index (κ1) is 19.6. The Labute approximate surface area is 174 Å². The van der Waals surface area contributed by atoms with Crippen LogP contribution in [0.2, 0.25) is 0 Å². The van der Waals surface area contributed by atoms with Crippen molar-refractivity contribution in [2.24, 2.45) is 0 Å². The fourth-order valence-electron chi connectivity index (χ4n) is 3.52. The van der Waals surface area contributed by atoms with Crippen molar-refractivity contribution < 1.29 is 9.59 Å². The third-order valence-electron chi connectivity index (χ3n) is 5.16. The van der Waals surface area contributed by atoms with Crippen LogP contribution in [0.1, 0.15) is 28.5 Å². The molecule has 7 heteroatoms. The van der Waals surface area contributed by atoms with Crippen LogP contribution in [0, 0.1) is 0 Å². The van der Waals surface area contributed by atoms with Crippen LogP contribution in [0.15, 0.2) is 65.5 Å². The number of carbonyl (C=O) groups excluding carboxylic acids is 2. The fourth-order valence-corrected chi connectivity index (χ4v) is 3.52. The van der Waals surface area contributed by atoms with Crippen LogP contribution < -0.4 is 15.8 Å². The van der Waals surface area contributed by atoms with Crippen molar-refractivity contribution in [3.63, 3.8) is 0 Å². The molecule has 0 radical (unpaired) electrons. The molecule has 0 bridgehead atoms. The molecule has 0 fully saturated rings. The van der Waals surface area contributed by atoms with Crippen molar-refractivity contribution in [1.29, 1.82) is 0 Å². The zero-order valence-electron chi connectivity index (χ0n) is 16.7. The number of rotatable bonds is 5. The molecule has 1 aliphatic heterocycles. The van der Waals surface area contributed by atoms with E-state index in [2.05, 4.69) is 17.3 Å². The van der Waals surface area contributed by atoms with Crippen LogP contribution in [-0.2, 0) is 24.2 Å². The van der Waals surface area contributed by atoms with Gasteiger partial charge in [-0.3, -0.25) is 14.4 Å². The van der Waals surface area contributed by atoms with Gasteiger partial charge in [0.15, 0.2) is 0 Å². The van der Waals surface area contributed by atoms with Gasteiger partial charge in [0.1, 0.15) is 12.2 Å². The van der Waals surface area contributed by atoms with Gasteiger partial charge < -0.3 is 10.2 Å². The number of amides is 2. The summed E-state index contributed by atoms with van der Waals surface area (Å²) in [6, 6.07) is 17.9. The number of hydrogen-bond donors (Lipinski definition) is 1. The molecule has 2 amide bonds. The molecule has 2 heterocycles. The lowest BCUT2D eigenvalue weighted by atomic mass is 10.1. The van der Waals surface area contributed by atoms with Crippen molar-refractivity contribution in [1.82, 2.24) is 9.78 Å². The zero-order valence-corrected chi connectivity index (χ0v) is 16.7. The Kier molecular flexibility index (Phi) is 5.43. The van der Waals surface area contributed by atoms with E-state index in [1.807, 2.05) is 48.5 Å². The Balaban J connectivity index is 1.50. The van der Waals surface area contributed by atoms with E-state index in [-0.39, 0.29) is 24.1 Å². The molecule has 0 saturated heterocycles. The van der Waals surface area contributed by atoms with Crippen LogP contribution in [0.4, 0.5) is 11.4 Å². The number of fused-ring (bicyclic) bond motifs is 1. The van der Waals surface area contributed by atoms with Gasteiger partial charge in [-0.05, 0) is 48.2 Å². The van der Waals surface area contributed by atoms with Crippen molar-refractivity contribution in [3.05, 3.63) is 87.8 Å². The largest absolute Gasteiger partial charge is 0.324 e. The highest BCUT2D eigenvalue weighted by Gasteiger charge is 2.26. The van der Waals surface area contributed by atoms with Gasteiger partial charge in [0.05, 0.1) is 0 Å². The molecule has 30 heavy (non-hydrogen) atoms. The lowest BCUT2D eigenvalue weighted by Gasteiger charge is -2.17. The SMILES string of the molecule is CCc1ccc(NC(=O)Cn2nc(C(=O)N3CCc4ccccc43)ccc2=O)cc1. The Morgan fingerprint density at radius 1 is 1.03 bits per heavy atom. The van der Waals surface area contributed by atoms with E-state index in [4.69, 9.17) is 0 Å². The first-order chi connectivity index (χ1) is 14.5. The maximum absolute atomic E-state index is 13.0. The highest BCUT2D eigenvalue weighted by atomic mass is 16.2. The summed E-state index contributed by atoms with van der Waals surface area (Å²) >= 11 is 0. The van der Waals surface area contributed by atoms with E-state index >= 15 is 0 Å². The average Bonchev–Trinajstić information content (AvgIpc) is 3.19. The molecule has 7 nitrogen and oxygen atoms in total. The number of anilines is 2. The monoisotopic (exact) mass is 402 g/mol. The van der Waals surface area contributed by atoms with E-state index in [9.17, 15) is 14.4 Å². The fraction of sp³-hybridized carbons (Fsp3) is 0.217. The highest BCUT2D eigenvalue weighted by Crippen LogP contribution is 2.28. The summed E-state index contributed by atoms with van der Waals surface area (Å²) < 4.78 is 1.02. The molecule has 1 aromatic heterocycles. The predicted molar refractivity (Wildman–Crippen MR) is 115 cm³/mol. The first-order valence-electron chi connectivity index (χ1n) is 9.92. The van der Waals surface area contributed by atoms with Gasteiger partial charge in [0.25, 0.3) is 11.5 Å². The normalized spacial score (nSPS) is 12.5. The summed E-state index contributed by atoms with van der Waals surface area (Å²) in [6.45, 7) is 2.35. The van der Waals surface area contributed by atoms with Gasteiger partial charge in [-0.25, -0.2) is 4.68 Å². The molecule has 2 aromatic carbocycles. The number of para-hydroxylation sites is 1. The summed E-state index contributed by atoms with van der Waals surface area (Å²) in [6.07, 6.45) is 1.69. The second kappa shape index (κ2) is 8.32. The first-order valence-corrected chi connectivity index (χ1v) is 9.92. The maximum atomic E-state index is 13.0. The number of nitrogens with zero attached hydrogens (tertiary/aromatic N) is 3. The molecule has 1 N–H and O–H groups in total. The third-order valence-corrected chi connectivity index (χ3v) is 5.16. The Morgan fingerprint density at radius 3 is 2.57 bits per heavy atom. The zero-order chi connectivity index (χ0) is 21.1. The number of hydrogen-bond acceptors (Lipinski definition) is 4. The summed E-state index contributed by atoms with van der Waals surface area (Å²) in [4.78, 5) is 39.2. The predicted octanol–water partition coefficient (Wildman–Crippen LogP) is 2.65. The lowest BCUT2D eigenvalue weighted by molar-refractivity contribution is -0.117. The van der Waals surface area contributed by atoms with E-state index in [0.29, 0.717) is 12.2 Å².